The summed E-state index contributed by atoms with van der Waals surface area (Å²) in [5, 5.41) is 9.33. The molecule has 2 aromatic rings. The van der Waals surface area contributed by atoms with Crippen molar-refractivity contribution in [3.8, 4) is 0 Å². The summed E-state index contributed by atoms with van der Waals surface area (Å²) in [6, 6.07) is 5.56. The van der Waals surface area contributed by atoms with Gasteiger partial charge < -0.3 is 11.1 Å². The Bertz CT molecular complexity index is 606. The van der Waals surface area contributed by atoms with E-state index in [0.29, 0.717) is 17.1 Å². The van der Waals surface area contributed by atoms with E-state index in [1.165, 1.54) is 0 Å². The number of nitrogens with two attached hydrogens (primary N) is 1. The van der Waals surface area contributed by atoms with E-state index in [1.807, 2.05) is 19.1 Å². The van der Waals surface area contributed by atoms with Crippen LogP contribution in [0.5, 0.6) is 0 Å². The molecule has 0 spiro atoms. The molecule has 6 heteroatoms. The standard InChI is InChI=1S/C12H13BrN4O/c1-6-3-4-9(13)8(5-6)12(18)15-11-10(14)7(2)16-17-11/h3-5H,14H2,1-2H3,(H2,15,16,17,18). The average molecular weight is 309 g/mol. The first-order valence-electron chi connectivity index (χ1n) is 5.37. The van der Waals surface area contributed by atoms with Gasteiger partial charge in [0.05, 0.1) is 16.9 Å². The first kappa shape index (κ1) is 12.6. The molecule has 1 amide bonds. The number of carbonyl (C=O) groups is 1. The lowest BCUT2D eigenvalue weighted by molar-refractivity contribution is 0.102. The fourth-order valence-corrected chi connectivity index (χ4v) is 1.95. The van der Waals surface area contributed by atoms with Crippen LogP contribution in [0.25, 0.3) is 0 Å². The molecular formula is C12H13BrN4O. The first-order valence-corrected chi connectivity index (χ1v) is 6.16. The number of nitrogens with zero attached hydrogens (tertiary/aromatic N) is 1. The molecule has 18 heavy (non-hydrogen) atoms. The molecule has 2 rings (SSSR count). The smallest absolute Gasteiger partial charge is 0.258 e. The van der Waals surface area contributed by atoms with Crippen LogP contribution >= 0.6 is 15.9 Å². The zero-order valence-corrected chi connectivity index (χ0v) is 11.6. The van der Waals surface area contributed by atoms with Crippen LogP contribution < -0.4 is 11.1 Å². The Labute approximate surface area is 113 Å². The van der Waals surface area contributed by atoms with Crippen molar-refractivity contribution in [3.05, 3.63) is 39.5 Å². The topological polar surface area (TPSA) is 83.8 Å². The molecule has 0 saturated heterocycles. The second-order valence-electron chi connectivity index (χ2n) is 4.05. The van der Waals surface area contributed by atoms with E-state index in [9.17, 15) is 4.79 Å². The van der Waals surface area contributed by atoms with Gasteiger partial charge in [-0.15, -0.1) is 0 Å². The van der Waals surface area contributed by atoms with Crippen molar-refractivity contribution < 1.29 is 4.79 Å². The van der Waals surface area contributed by atoms with Gasteiger partial charge in [0.2, 0.25) is 0 Å². The van der Waals surface area contributed by atoms with Crippen molar-refractivity contribution in [2.24, 2.45) is 0 Å². The van der Waals surface area contributed by atoms with E-state index in [2.05, 4.69) is 31.4 Å². The summed E-state index contributed by atoms with van der Waals surface area (Å²) in [6.07, 6.45) is 0. The number of benzene rings is 1. The number of H-pyrrole nitrogens is 1. The third-order valence-electron chi connectivity index (χ3n) is 2.59. The molecule has 94 valence electrons. The lowest BCUT2D eigenvalue weighted by Gasteiger charge is -2.06. The van der Waals surface area contributed by atoms with E-state index < -0.39 is 0 Å². The van der Waals surface area contributed by atoms with Gasteiger partial charge in [-0.1, -0.05) is 11.6 Å². The molecule has 0 atom stereocenters. The lowest BCUT2D eigenvalue weighted by Crippen LogP contribution is -2.14. The predicted molar refractivity (Wildman–Crippen MR) is 74.6 cm³/mol. The van der Waals surface area contributed by atoms with Crippen LogP contribution in [0.4, 0.5) is 11.5 Å². The van der Waals surface area contributed by atoms with Gasteiger partial charge >= 0.3 is 0 Å². The summed E-state index contributed by atoms with van der Waals surface area (Å²) in [7, 11) is 0. The number of amides is 1. The minimum atomic E-state index is -0.247. The zero-order valence-electron chi connectivity index (χ0n) is 10.0. The zero-order chi connectivity index (χ0) is 13.3. The Morgan fingerprint density at radius 2 is 2.17 bits per heavy atom. The van der Waals surface area contributed by atoms with Gasteiger partial charge in [-0.25, -0.2) is 0 Å². The van der Waals surface area contributed by atoms with Gasteiger partial charge in [-0.05, 0) is 41.9 Å². The largest absolute Gasteiger partial charge is 0.394 e. The minimum Gasteiger partial charge on any atom is -0.394 e. The number of hydrogen-bond donors (Lipinski definition) is 3. The molecule has 0 bridgehead atoms. The minimum absolute atomic E-state index is 0.247. The molecule has 4 N–H and O–H groups in total. The number of aromatic amines is 1. The van der Waals surface area contributed by atoms with E-state index in [1.54, 1.807) is 13.0 Å². The molecule has 0 aliphatic heterocycles. The van der Waals surface area contributed by atoms with E-state index in [0.717, 1.165) is 15.7 Å². The second-order valence-corrected chi connectivity index (χ2v) is 4.90. The third-order valence-corrected chi connectivity index (χ3v) is 3.28. The number of nitrogens with one attached hydrogen (secondary N) is 2. The third kappa shape index (κ3) is 2.38. The Morgan fingerprint density at radius 1 is 1.44 bits per heavy atom. The summed E-state index contributed by atoms with van der Waals surface area (Å²) in [4.78, 5) is 12.1. The fraction of sp³-hybridized carbons (Fsp3) is 0.167. The summed E-state index contributed by atoms with van der Waals surface area (Å²) in [5.41, 5.74) is 8.52. The molecule has 5 nitrogen and oxygen atoms in total. The predicted octanol–water partition coefficient (Wildman–Crippen LogP) is 2.62. The van der Waals surface area contributed by atoms with E-state index >= 15 is 0 Å². The average Bonchev–Trinajstić information content (AvgIpc) is 2.64. The van der Waals surface area contributed by atoms with Gasteiger partial charge in [0.15, 0.2) is 5.82 Å². The molecular weight excluding hydrogens is 296 g/mol. The number of nitrogen functional groups attached to an aromatic ring is 1. The number of aryl methyl sites for hydroxylation is 2. The molecule has 1 heterocycles. The number of carbonyl (C=O) groups excluding carboxylic acids is 1. The van der Waals surface area contributed by atoms with Gasteiger partial charge in [-0.2, -0.15) is 5.10 Å². The Morgan fingerprint density at radius 3 is 2.78 bits per heavy atom. The maximum atomic E-state index is 12.1. The van der Waals surface area contributed by atoms with Crippen molar-refractivity contribution >= 4 is 33.3 Å². The number of rotatable bonds is 2. The van der Waals surface area contributed by atoms with Gasteiger partial charge in [-0.3, -0.25) is 9.89 Å². The van der Waals surface area contributed by atoms with Crippen LogP contribution in [0, 0.1) is 13.8 Å². The second kappa shape index (κ2) is 4.81. The van der Waals surface area contributed by atoms with Crippen molar-refractivity contribution in [2.45, 2.75) is 13.8 Å². The number of hydrogen-bond acceptors (Lipinski definition) is 3. The number of aromatic nitrogens is 2. The van der Waals surface area contributed by atoms with Crippen molar-refractivity contribution in [2.75, 3.05) is 11.1 Å². The van der Waals surface area contributed by atoms with Crippen LogP contribution in [-0.2, 0) is 0 Å². The van der Waals surface area contributed by atoms with Crippen LogP contribution in [0.1, 0.15) is 21.6 Å². The molecule has 0 aliphatic carbocycles. The molecule has 1 aromatic carbocycles. The van der Waals surface area contributed by atoms with Crippen molar-refractivity contribution in [1.82, 2.24) is 10.2 Å². The molecule has 0 fully saturated rings. The van der Waals surface area contributed by atoms with Gasteiger partial charge in [0, 0.05) is 4.47 Å². The molecule has 0 aliphatic rings. The molecule has 0 unspecified atom stereocenters. The van der Waals surface area contributed by atoms with Crippen molar-refractivity contribution in [3.63, 3.8) is 0 Å². The van der Waals surface area contributed by atoms with Crippen molar-refractivity contribution in [1.29, 1.82) is 0 Å². The number of anilines is 2. The first-order chi connectivity index (χ1) is 8.49. The van der Waals surface area contributed by atoms with E-state index in [-0.39, 0.29) is 5.91 Å². The summed E-state index contributed by atoms with van der Waals surface area (Å²) < 4.78 is 0.733. The molecule has 0 saturated carbocycles. The fourth-order valence-electron chi connectivity index (χ4n) is 1.52. The van der Waals surface area contributed by atoms with Crippen LogP contribution in [0.15, 0.2) is 22.7 Å². The van der Waals surface area contributed by atoms with E-state index in [4.69, 9.17) is 5.73 Å². The summed E-state index contributed by atoms with van der Waals surface area (Å²) in [6.45, 7) is 3.72. The normalized spacial score (nSPS) is 10.4. The molecule has 0 radical (unpaired) electrons. The highest BCUT2D eigenvalue weighted by Crippen LogP contribution is 2.22. The van der Waals surface area contributed by atoms with Crippen LogP contribution in [0.2, 0.25) is 0 Å². The highest BCUT2D eigenvalue weighted by atomic mass is 79.9. The lowest BCUT2D eigenvalue weighted by atomic mass is 10.1. The summed E-state index contributed by atoms with van der Waals surface area (Å²) in [5.74, 6) is 0.106. The van der Waals surface area contributed by atoms with Gasteiger partial charge in [0.25, 0.3) is 5.91 Å². The monoisotopic (exact) mass is 308 g/mol. The number of halogens is 1. The van der Waals surface area contributed by atoms with Crippen LogP contribution in [-0.4, -0.2) is 16.1 Å². The maximum absolute atomic E-state index is 12.1. The Hall–Kier alpha value is -1.82. The SMILES string of the molecule is Cc1ccc(Br)c(C(=O)Nc2n[nH]c(C)c2N)c1. The van der Waals surface area contributed by atoms with Gasteiger partial charge in [0.1, 0.15) is 0 Å². The Kier molecular flexibility index (Phi) is 3.38. The molecule has 1 aromatic heterocycles. The summed E-state index contributed by atoms with van der Waals surface area (Å²) >= 11 is 3.35. The highest BCUT2D eigenvalue weighted by molar-refractivity contribution is 9.10. The highest BCUT2D eigenvalue weighted by Gasteiger charge is 2.14. The Balaban J connectivity index is 2.27. The maximum Gasteiger partial charge on any atom is 0.258 e. The van der Waals surface area contributed by atoms with Crippen LogP contribution in [0.3, 0.4) is 0 Å². The quantitative estimate of drug-likeness (QED) is 0.797.